The smallest absolute Gasteiger partial charge is 0.251 e. The molecule has 0 radical (unpaired) electrons. The van der Waals surface area contributed by atoms with Gasteiger partial charge in [0.2, 0.25) is 17.6 Å². The van der Waals surface area contributed by atoms with Crippen molar-refractivity contribution in [3.63, 3.8) is 0 Å². The van der Waals surface area contributed by atoms with Crippen molar-refractivity contribution in [2.24, 2.45) is 0 Å². The maximum atomic E-state index is 12.2. The summed E-state index contributed by atoms with van der Waals surface area (Å²) in [5, 5.41) is 9.42. The maximum Gasteiger partial charge on any atom is 0.251 e. The van der Waals surface area contributed by atoms with Crippen LogP contribution < -0.4 is 10.6 Å². The molecule has 1 aliphatic carbocycles. The minimum Gasteiger partial charge on any atom is -0.343 e. The largest absolute Gasteiger partial charge is 0.343 e. The normalized spacial score (nSPS) is 13.6. The molecule has 0 saturated heterocycles. The lowest BCUT2D eigenvalue weighted by Crippen LogP contribution is -2.32. The van der Waals surface area contributed by atoms with Crippen LogP contribution in [-0.4, -0.2) is 28.5 Å². The Labute approximate surface area is 162 Å². The number of carbonyl (C=O) groups is 2. The fourth-order valence-corrected chi connectivity index (χ4v) is 2.97. The highest BCUT2D eigenvalue weighted by atomic mass is 16.5. The first-order valence-corrected chi connectivity index (χ1v) is 9.26. The first-order chi connectivity index (χ1) is 13.7. The van der Waals surface area contributed by atoms with E-state index in [2.05, 4.69) is 20.8 Å². The molecule has 3 aromatic rings. The van der Waals surface area contributed by atoms with E-state index >= 15 is 0 Å². The van der Waals surface area contributed by atoms with Gasteiger partial charge in [-0.05, 0) is 37.1 Å². The molecule has 7 heteroatoms. The Bertz CT molecular complexity index is 980. The first kappa shape index (κ1) is 17.9. The van der Waals surface area contributed by atoms with Crippen molar-refractivity contribution in [1.29, 1.82) is 0 Å². The van der Waals surface area contributed by atoms with E-state index in [0.29, 0.717) is 28.9 Å². The van der Waals surface area contributed by atoms with Crippen molar-refractivity contribution in [2.45, 2.75) is 25.2 Å². The summed E-state index contributed by atoms with van der Waals surface area (Å²) >= 11 is 0. The van der Waals surface area contributed by atoms with Crippen LogP contribution in [0.4, 0.5) is 5.69 Å². The molecule has 1 fully saturated rings. The lowest BCUT2D eigenvalue weighted by atomic mass is 9.85. The molecule has 2 aromatic carbocycles. The number of nitrogens with zero attached hydrogens (tertiary/aromatic N) is 2. The van der Waals surface area contributed by atoms with Crippen LogP contribution in [0.25, 0.3) is 11.4 Å². The summed E-state index contributed by atoms with van der Waals surface area (Å²) in [6.45, 7) is -0.119. The number of benzene rings is 2. The van der Waals surface area contributed by atoms with Crippen LogP contribution in [0.15, 0.2) is 59.1 Å². The Morgan fingerprint density at radius 2 is 1.89 bits per heavy atom. The quantitative estimate of drug-likeness (QED) is 0.687. The van der Waals surface area contributed by atoms with Crippen LogP contribution in [0, 0.1) is 0 Å². The van der Waals surface area contributed by atoms with Crippen molar-refractivity contribution in [1.82, 2.24) is 15.5 Å². The van der Waals surface area contributed by atoms with Crippen molar-refractivity contribution in [3.8, 4) is 11.4 Å². The fraction of sp³-hybridized carbons (Fsp3) is 0.238. The second-order valence-corrected chi connectivity index (χ2v) is 6.76. The van der Waals surface area contributed by atoms with Crippen LogP contribution in [0.2, 0.25) is 0 Å². The highest BCUT2D eigenvalue weighted by Crippen LogP contribution is 2.36. The van der Waals surface area contributed by atoms with Crippen LogP contribution >= 0.6 is 0 Å². The molecule has 1 saturated carbocycles. The molecule has 2 amide bonds. The van der Waals surface area contributed by atoms with Crippen LogP contribution in [0.1, 0.15) is 41.4 Å². The average Bonchev–Trinajstić information content (AvgIpc) is 3.15. The first-order valence-electron chi connectivity index (χ1n) is 9.26. The number of amides is 2. The third kappa shape index (κ3) is 4.09. The van der Waals surface area contributed by atoms with E-state index in [0.717, 1.165) is 18.4 Å². The molecule has 0 aliphatic heterocycles. The molecular weight excluding hydrogens is 356 g/mol. The molecule has 28 heavy (non-hydrogen) atoms. The number of carbonyl (C=O) groups excluding carboxylic acids is 2. The zero-order chi connectivity index (χ0) is 19.3. The van der Waals surface area contributed by atoms with Gasteiger partial charge in [-0.15, -0.1) is 0 Å². The predicted molar refractivity (Wildman–Crippen MR) is 104 cm³/mol. The molecule has 142 valence electrons. The molecule has 2 N–H and O–H groups in total. The van der Waals surface area contributed by atoms with Gasteiger partial charge in [-0.2, -0.15) is 4.98 Å². The summed E-state index contributed by atoms with van der Waals surface area (Å²) in [6.07, 6.45) is 3.38. The van der Waals surface area contributed by atoms with Crippen molar-refractivity contribution in [3.05, 3.63) is 66.1 Å². The van der Waals surface area contributed by atoms with Crippen molar-refractivity contribution in [2.75, 3.05) is 11.9 Å². The Balaban J connectivity index is 1.35. The molecule has 7 nitrogen and oxygen atoms in total. The number of aromatic nitrogens is 2. The van der Waals surface area contributed by atoms with Gasteiger partial charge in [0.1, 0.15) is 0 Å². The Morgan fingerprint density at radius 1 is 1.07 bits per heavy atom. The van der Waals surface area contributed by atoms with Crippen LogP contribution in [-0.2, 0) is 4.79 Å². The van der Waals surface area contributed by atoms with E-state index in [9.17, 15) is 9.59 Å². The topological polar surface area (TPSA) is 97.1 Å². The van der Waals surface area contributed by atoms with E-state index in [1.165, 1.54) is 6.42 Å². The highest BCUT2D eigenvalue weighted by Gasteiger charge is 2.25. The molecule has 0 bridgehead atoms. The summed E-state index contributed by atoms with van der Waals surface area (Å²) in [5.74, 6) is 0.955. The lowest BCUT2D eigenvalue weighted by molar-refractivity contribution is -0.115. The number of anilines is 1. The Morgan fingerprint density at radius 3 is 2.64 bits per heavy atom. The second-order valence-electron chi connectivity index (χ2n) is 6.76. The molecule has 4 rings (SSSR count). The third-order valence-corrected chi connectivity index (χ3v) is 4.75. The zero-order valence-electron chi connectivity index (χ0n) is 15.2. The summed E-state index contributed by atoms with van der Waals surface area (Å²) in [7, 11) is 0. The van der Waals surface area contributed by atoms with Gasteiger partial charge in [0.05, 0.1) is 6.54 Å². The summed E-state index contributed by atoms with van der Waals surface area (Å²) < 4.78 is 5.35. The summed E-state index contributed by atoms with van der Waals surface area (Å²) in [5.41, 5.74) is 1.88. The van der Waals surface area contributed by atoms with Gasteiger partial charge in [0.15, 0.2) is 0 Å². The van der Waals surface area contributed by atoms with E-state index in [4.69, 9.17) is 4.52 Å². The van der Waals surface area contributed by atoms with Gasteiger partial charge in [0.25, 0.3) is 5.91 Å². The number of rotatable bonds is 6. The van der Waals surface area contributed by atoms with Crippen LogP contribution in [0.3, 0.4) is 0 Å². The van der Waals surface area contributed by atoms with Gasteiger partial charge in [-0.1, -0.05) is 41.9 Å². The van der Waals surface area contributed by atoms with E-state index in [1.807, 2.05) is 18.2 Å². The molecule has 0 atom stereocenters. The zero-order valence-corrected chi connectivity index (χ0v) is 15.2. The molecule has 0 unspecified atom stereocenters. The molecule has 0 spiro atoms. The standard InChI is InChI=1S/C21H20N4O3/c26-18(13-22-20(27)14-6-2-1-3-7-14)23-17-11-5-10-16(12-17)19-24-21(28-25-19)15-8-4-9-15/h1-3,5-7,10-12,15H,4,8-9,13H2,(H,22,27)(H,23,26). The SMILES string of the molecule is O=C(CNC(=O)c1ccccc1)Nc1cccc(-c2noc(C3CCC3)n2)c1. The predicted octanol–water partition coefficient (Wildman–Crippen LogP) is 3.37. The molecular formula is C21H20N4O3. The fourth-order valence-electron chi connectivity index (χ4n) is 2.97. The minimum absolute atomic E-state index is 0.119. The summed E-state index contributed by atoms with van der Waals surface area (Å²) in [4.78, 5) is 28.6. The van der Waals surface area contributed by atoms with E-state index < -0.39 is 0 Å². The molecule has 1 aromatic heterocycles. The van der Waals surface area contributed by atoms with Crippen molar-refractivity contribution >= 4 is 17.5 Å². The summed E-state index contributed by atoms with van der Waals surface area (Å²) in [6, 6.07) is 16.0. The van der Waals surface area contributed by atoms with Crippen LogP contribution in [0.5, 0.6) is 0 Å². The third-order valence-electron chi connectivity index (χ3n) is 4.75. The number of hydrogen-bond donors (Lipinski definition) is 2. The minimum atomic E-state index is -0.315. The average molecular weight is 376 g/mol. The second kappa shape index (κ2) is 8.04. The number of nitrogens with one attached hydrogen (secondary N) is 2. The van der Waals surface area contributed by atoms with Gasteiger partial charge >= 0.3 is 0 Å². The number of hydrogen-bond acceptors (Lipinski definition) is 5. The monoisotopic (exact) mass is 376 g/mol. The van der Waals surface area contributed by atoms with Gasteiger partial charge in [0, 0.05) is 22.7 Å². The molecule has 1 aliphatic rings. The van der Waals surface area contributed by atoms with E-state index in [1.54, 1.807) is 36.4 Å². The van der Waals surface area contributed by atoms with Gasteiger partial charge in [-0.25, -0.2) is 0 Å². The van der Waals surface area contributed by atoms with Crippen molar-refractivity contribution < 1.29 is 14.1 Å². The molecule has 1 heterocycles. The Kier molecular flexibility index (Phi) is 5.14. The lowest BCUT2D eigenvalue weighted by Gasteiger charge is -2.20. The Hall–Kier alpha value is -3.48. The highest BCUT2D eigenvalue weighted by molar-refractivity contribution is 5.99. The van der Waals surface area contributed by atoms with E-state index in [-0.39, 0.29) is 18.4 Å². The maximum absolute atomic E-state index is 12.2. The van der Waals surface area contributed by atoms with Gasteiger partial charge < -0.3 is 15.2 Å². The van der Waals surface area contributed by atoms with Gasteiger partial charge in [-0.3, -0.25) is 9.59 Å².